The third-order valence-corrected chi connectivity index (χ3v) is 4.99. The highest BCUT2D eigenvalue weighted by Gasteiger charge is 2.14. The average molecular weight is 354 g/mol. The second kappa shape index (κ2) is 7.19. The predicted octanol–water partition coefficient (Wildman–Crippen LogP) is 4.46. The molecule has 3 rings (SSSR count). The molecule has 0 atom stereocenters. The molecule has 0 unspecified atom stereocenters. The maximum Gasteiger partial charge on any atom is 0.238 e. The summed E-state index contributed by atoms with van der Waals surface area (Å²) in [4.78, 5) is 21.5. The van der Waals surface area contributed by atoms with E-state index in [-0.39, 0.29) is 5.91 Å². The Morgan fingerprint density at radius 1 is 1.20 bits per heavy atom. The molecule has 2 aromatic heterocycles. The number of benzene rings is 1. The minimum atomic E-state index is -0.0512. The van der Waals surface area contributed by atoms with Crippen LogP contribution in [0.1, 0.15) is 31.4 Å². The van der Waals surface area contributed by atoms with Crippen molar-refractivity contribution >= 4 is 33.3 Å². The van der Waals surface area contributed by atoms with E-state index in [2.05, 4.69) is 58.2 Å². The molecule has 0 aliphatic heterocycles. The molecule has 0 saturated heterocycles. The van der Waals surface area contributed by atoms with Gasteiger partial charge in [0, 0.05) is 17.4 Å². The van der Waals surface area contributed by atoms with E-state index in [1.807, 2.05) is 13.8 Å². The summed E-state index contributed by atoms with van der Waals surface area (Å²) in [5, 5.41) is 3.02. The lowest BCUT2D eigenvalue weighted by Crippen LogP contribution is -2.30. The van der Waals surface area contributed by atoms with Crippen LogP contribution in [0.3, 0.4) is 0 Å². The monoisotopic (exact) mass is 354 g/mol. The summed E-state index contributed by atoms with van der Waals surface area (Å²) in [6, 6.07) is 6.40. The number of carbonyl (C=O) groups is 1. The topological polar surface area (TPSA) is 66.9 Å². The van der Waals surface area contributed by atoms with Crippen molar-refractivity contribution in [2.75, 3.05) is 5.43 Å². The molecule has 0 saturated carbocycles. The molecule has 1 amide bonds. The van der Waals surface area contributed by atoms with Gasteiger partial charge in [0.1, 0.15) is 11.2 Å². The summed E-state index contributed by atoms with van der Waals surface area (Å²) in [5.41, 5.74) is 10.4. The van der Waals surface area contributed by atoms with Gasteiger partial charge in [0.25, 0.3) is 0 Å². The van der Waals surface area contributed by atoms with Crippen LogP contribution < -0.4 is 10.9 Å². The molecule has 0 aliphatic carbocycles. The SMILES string of the molecule is Cc1ccc(-c2csc3ncnc(NNC(=O)CC(C)C)c23)cc1C. The van der Waals surface area contributed by atoms with Gasteiger partial charge in [-0.05, 0) is 36.5 Å². The quantitative estimate of drug-likeness (QED) is 0.664. The minimum Gasteiger partial charge on any atom is -0.281 e. The number of carbonyl (C=O) groups excluding carboxylic acids is 1. The van der Waals surface area contributed by atoms with Crippen LogP contribution in [0.4, 0.5) is 5.82 Å². The van der Waals surface area contributed by atoms with Crippen molar-refractivity contribution in [2.45, 2.75) is 34.1 Å². The number of aryl methyl sites for hydroxylation is 2. The van der Waals surface area contributed by atoms with Crippen LogP contribution in [0.5, 0.6) is 0 Å². The van der Waals surface area contributed by atoms with Crippen molar-refractivity contribution in [3.05, 3.63) is 41.0 Å². The number of hydrogen-bond acceptors (Lipinski definition) is 5. The summed E-state index contributed by atoms with van der Waals surface area (Å²) in [6.45, 7) is 8.23. The zero-order valence-electron chi connectivity index (χ0n) is 14.9. The number of hydrazine groups is 1. The van der Waals surface area contributed by atoms with Crippen molar-refractivity contribution in [1.82, 2.24) is 15.4 Å². The van der Waals surface area contributed by atoms with E-state index in [0.29, 0.717) is 18.2 Å². The van der Waals surface area contributed by atoms with E-state index < -0.39 is 0 Å². The highest BCUT2D eigenvalue weighted by atomic mass is 32.1. The lowest BCUT2D eigenvalue weighted by molar-refractivity contribution is -0.121. The first-order valence-electron chi connectivity index (χ1n) is 8.30. The number of hydrogen-bond donors (Lipinski definition) is 2. The molecule has 5 nitrogen and oxygen atoms in total. The van der Waals surface area contributed by atoms with Crippen LogP contribution in [0, 0.1) is 19.8 Å². The van der Waals surface area contributed by atoms with Gasteiger partial charge < -0.3 is 0 Å². The maximum atomic E-state index is 11.9. The van der Waals surface area contributed by atoms with Gasteiger partial charge in [0.2, 0.25) is 5.91 Å². The number of nitrogens with one attached hydrogen (secondary N) is 2. The molecule has 2 heterocycles. The number of rotatable bonds is 5. The average Bonchev–Trinajstić information content (AvgIpc) is 2.99. The second-order valence-corrected chi connectivity index (χ2v) is 7.48. The number of anilines is 1. The smallest absolute Gasteiger partial charge is 0.238 e. The number of thiophene rings is 1. The van der Waals surface area contributed by atoms with E-state index in [9.17, 15) is 4.79 Å². The summed E-state index contributed by atoms with van der Waals surface area (Å²) in [5.74, 6) is 0.876. The molecule has 0 spiro atoms. The molecule has 0 radical (unpaired) electrons. The number of amides is 1. The fourth-order valence-electron chi connectivity index (χ4n) is 2.64. The molecule has 0 bridgehead atoms. The van der Waals surface area contributed by atoms with Gasteiger partial charge >= 0.3 is 0 Å². The third-order valence-electron chi connectivity index (χ3n) is 4.10. The third kappa shape index (κ3) is 3.79. The normalized spacial score (nSPS) is 11.1. The first-order valence-corrected chi connectivity index (χ1v) is 9.18. The van der Waals surface area contributed by atoms with Gasteiger partial charge in [-0.1, -0.05) is 32.0 Å². The van der Waals surface area contributed by atoms with Crippen molar-refractivity contribution in [2.24, 2.45) is 5.92 Å². The van der Waals surface area contributed by atoms with Crippen LogP contribution in [0.25, 0.3) is 21.3 Å². The highest BCUT2D eigenvalue weighted by molar-refractivity contribution is 7.17. The molecule has 6 heteroatoms. The second-order valence-electron chi connectivity index (χ2n) is 6.62. The first-order chi connectivity index (χ1) is 12.0. The summed E-state index contributed by atoms with van der Waals surface area (Å²) < 4.78 is 0. The largest absolute Gasteiger partial charge is 0.281 e. The first kappa shape index (κ1) is 17.4. The molecule has 130 valence electrons. The van der Waals surface area contributed by atoms with Crippen LogP contribution in [-0.4, -0.2) is 15.9 Å². The Morgan fingerprint density at radius 2 is 2.00 bits per heavy atom. The minimum absolute atomic E-state index is 0.0512. The Balaban J connectivity index is 1.96. The number of fused-ring (bicyclic) bond motifs is 1. The molecule has 0 aliphatic rings. The predicted molar refractivity (Wildman–Crippen MR) is 104 cm³/mol. The van der Waals surface area contributed by atoms with Gasteiger partial charge in [-0.3, -0.25) is 15.6 Å². The molecule has 0 fully saturated rings. The van der Waals surface area contributed by atoms with Gasteiger partial charge in [-0.2, -0.15) is 0 Å². The number of nitrogens with zero attached hydrogens (tertiary/aromatic N) is 2. The fraction of sp³-hybridized carbons (Fsp3) is 0.316. The van der Waals surface area contributed by atoms with Crippen LogP contribution in [0.2, 0.25) is 0 Å². The lowest BCUT2D eigenvalue weighted by Gasteiger charge is -2.11. The van der Waals surface area contributed by atoms with E-state index in [1.54, 1.807) is 11.3 Å². The lowest BCUT2D eigenvalue weighted by atomic mass is 10.0. The van der Waals surface area contributed by atoms with Crippen molar-refractivity contribution in [1.29, 1.82) is 0 Å². The summed E-state index contributed by atoms with van der Waals surface area (Å²) >= 11 is 1.57. The Hall–Kier alpha value is -2.47. The molecular weight excluding hydrogens is 332 g/mol. The summed E-state index contributed by atoms with van der Waals surface area (Å²) in [7, 11) is 0. The van der Waals surface area contributed by atoms with E-state index in [0.717, 1.165) is 21.3 Å². The molecule has 1 aromatic carbocycles. The Morgan fingerprint density at radius 3 is 2.72 bits per heavy atom. The van der Waals surface area contributed by atoms with Crippen LogP contribution >= 0.6 is 11.3 Å². The van der Waals surface area contributed by atoms with E-state index in [4.69, 9.17) is 0 Å². The molecule has 25 heavy (non-hydrogen) atoms. The van der Waals surface area contributed by atoms with Crippen molar-refractivity contribution < 1.29 is 4.79 Å². The van der Waals surface area contributed by atoms with E-state index >= 15 is 0 Å². The van der Waals surface area contributed by atoms with Crippen LogP contribution in [0.15, 0.2) is 29.9 Å². The summed E-state index contributed by atoms with van der Waals surface area (Å²) in [6.07, 6.45) is 1.98. The van der Waals surface area contributed by atoms with E-state index in [1.165, 1.54) is 17.5 Å². The Bertz CT molecular complexity index is 917. The molecular formula is C19H22N4OS. The van der Waals surface area contributed by atoms with Crippen molar-refractivity contribution in [3.63, 3.8) is 0 Å². The molecule has 3 aromatic rings. The zero-order valence-corrected chi connectivity index (χ0v) is 15.7. The van der Waals surface area contributed by atoms with Gasteiger partial charge in [0.15, 0.2) is 5.82 Å². The van der Waals surface area contributed by atoms with Gasteiger partial charge in [-0.25, -0.2) is 9.97 Å². The molecule has 2 N–H and O–H groups in total. The van der Waals surface area contributed by atoms with Gasteiger partial charge in [0.05, 0.1) is 5.39 Å². The zero-order chi connectivity index (χ0) is 18.0. The standard InChI is InChI=1S/C19H22N4OS/c1-11(2)7-16(24)22-23-18-17-15(9-25-19(17)21-10-20-18)14-6-5-12(3)13(4)8-14/h5-6,8-11H,7H2,1-4H3,(H,22,24)(H,20,21,23). The fourth-order valence-corrected chi connectivity index (χ4v) is 3.56. The van der Waals surface area contributed by atoms with Crippen LogP contribution in [-0.2, 0) is 4.79 Å². The Kier molecular flexibility index (Phi) is 4.99. The maximum absolute atomic E-state index is 11.9. The van der Waals surface area contributed by atoms with Gasteiger partial charge in [-0.15, -0.1) is 11.3 Å². The number of aromatic nitrogens is 2. The van der Waals surface area contributed by atoms with Crippen molar-refractivity contribution in [3.8, 4) is 11.1 Å². The Labute approximate surface area is 151 Å². The highest BCUT2D eigenvalue weighted by Crippen LogP contribution is 2.36.